The summed E-state index contributed by atoms with van der Waals surface area (Å²) < 4.78 is 1.98. The van der Waals surface area contributed by atoms with E-state index < -0.39 is 0 Å². The Balaban J connectivity index is 1.73. The molecule has 2 aromatic rings. The van der Waals surface area contributed by atoms with Crippen molar-refractivity contribution >= 4 is 17.7 Å². The minimum Gasteiger partial charge on any atom is -0.338 e. The molecule has 2 atom stereocenters. The van der Waals surface area contributed by atoms with Crippen LogP contribution in [0, 0.1) is 0 Å². The first-order valence-electron chi connectivity index (χ1n) is 8.08. The number of benzene rings is 1. The molecule has 0 aliphatic carbocycles. The van der Waals surface area contributed by atoms with E-state index in [2.05, 4.69) is 41.1 Å². The van der Waals surface area contributed by atoms with E-state index >= 15 is 0 Å². The van der Waals surface area contributed by atoms with Gasteiger partial charge in [-0.1, -0.05) is 37.3 Å². The monoisotopic (exact) mass is 329 g/mol. The fourth-order valence-electron chi connectivity index (χ4n) is 3.21. The largest absolute Gasteiger partial charge is 0.338 e. The lowest BCUT2D eigenvalue weighted by Crippen LogP contribution is -2.44. The molecule has 1 saturated heterocycles. The van der Waals surface area contributed by atoms with Gasteiger partial charge in [-0.05, 0) is 12.0 Å². The van der Waals surface area contributed by atoms with E-state index in [1.807, 2.05) is 35.6 Å². The molecule has 0 bridgehead atoms. The van der Waals surface area contributed by atoms with Crippen LogP contribution in [0.3, 0.4) is 0 Å². The van der Waals surface area contributed by atoms with Gasteiger partial charge in [-0.25, -0.2) is 4.98 Å². The standard InChI is InChI=1S/C18H23N3OS/c1-14-18(15-6-4-3-5-7-15)21(10-11-23-14)17(22)9-8-16-12-19-13-20(16)2/h3-7,12-14,18H,8-11H2,1-2H3/t14-,18-/m0/s1. The van der Waals surface area contributed by atoms with Crippen LogP contribution >= 0.6 is 11.8 Å². The number of aromatic nitrogens is 2. The second-order valence-electron chi connectivity index (χ2n) is 6.01. The lowest BCUT2D eigenvalue weighted by atomic mass is 10.0. The molecule has 122 valence electrons. The molecular formula is C18H23N3OS. The number of aryl methyl sites for hydroxylation is 2. The summed E-state index contributed by atoms with van der Waals surface area (Å²) in [6, 6.07) is 10.6. The Kier molecular flexibility index (Phi) is 5.06. The first kappa shape index (κ1) is 16.1. The van der Waals surface area contributed by atoms with Crippen molar-refractivity contribution in [2.45, 2.75) is 31.1 Å². The highest BCUT2D eigenvalue weighted by molar-refractivity contribution is 8.00. The molecule has 1 fully saturated rings. The van der Waals surface area contributed by atoms with Crippen molar-refractivity contribution in [1.29, 1.82) is 0 Å². The Labute approximate surface area is 141 Å². The number of thioether (sulfide) groups is 1. The van der Waals surface area contributed by atoms with Crippen LogP contribution in [-0.4, -0.2) is 37.9 Å². The van der Waals surface area contributed by atoms with Crippen molar-refractivity contribution in [3.8, 4) is 0 Å². The van der Waals surface area contributed by atoms with Gasteiger partial charge in [0.05, 0.1) is 12.4 Å². The lowest BCUT2D eigenvalue weighted by Gasteiger charge is -2.40. The van der Waals surface area contributed by atoms with Gasteiger partial charge in [-0.3, -0.25) is 4.79 Å². The smallest absolute Gasteiger partial charge is 0.223 e. The Morgan fingerprint density at radius 2 is 2.13 bits per heavy atom. The quantitative estimate of drug-likeness (QED) is 0.865. The molecule has 0 radical (unpaired) electrons. The summed E-state index contributed by atoms with van der Waals surface area (Å²) >= 11 is 1.95. The molecule has 1 aromatic heterocycles. The second-order valence-corrected chi connectivity index (χ2v) is 7.50. The highest BCUT2D eigenvalue weighted by Gasteiger charge is 2.33. The average Bonchev–Trinajstić information content (AvgIpc) is 2.98. The Morgan fingerprint density at radius 3 is 2.83 bits per heavy atom. The first-order chi connectivity index (χ1) is 11.2. The molecular weight excluding hydrogens is 306 g/mol. The number of carbonyl (C=O) groups is 1. The summed E-state index contributed by atoms with van der Waals surface area (Å²) in [5.41, 5.74) is 2.34. The van der Waals surface area contributed by atoms with E-state index in [1.54, 1.807) is 6.33 Å². The summed E-state index contributed by atoms with van der Waals surface area (Å²) in [5.74, 6) is 1.26. The van der Waals surface area contributed by atoms with Gasteiger partial charge >= 0.3 is 0 Å². The van der Waals surface area contributed by atoms with Crippen LogP contribution in [0.1, 0.15) is 30.6 Å². The molecule has 0 spiro atoms. The van der Waals surface area contributed by atoms with E-state index in [0.29, 0.717) is 11.7 Å². The number of rotatable bonds is 4. The topological polar surface area (TPSA) is 38.1 Å². The van der Waals surface area contributed by atoms with Crippen LogP contribution < -0.4 is 0 Å². The Hall–Kier alpha value is -1.75. The number of amides is 1. The summed E-state index contributed by atoms with van der Waals surface area (Å²) in [4.78, 5) is 19.0. The van der Waals surface area contributed by atoms with Crippen LogP contribution in [0.5, 0.6) is 0 Å². The predicted octanol–water partition coefficient (Wildman–Crippen LogP) is 3.06. The molecule has 23 heavy (non-hydrogen) atoms. The molecule has 1 aromatic carbocycles. The van der Waals surface area contributed by atoms with Crippen LogP contribution in [-0.2, 0) is 18.3 Å². The van der Waals surface area contributed by atoms with Crippen molar-refractivity contribution in [1.82, 2.24) is 14.5 Å². The highest BCUT2D eigenvalue weighted by atomic mass is 32.2. The van der Waals surface area contributed by atoms with Gasteiger partial charge in [0.25, 0.3) is 0 Å². The maximum atomic E-state index is 12.8. The fraction of sp³-hybridized carbons (Fsp3) is 0.444. The number of hydrogen-bond acceptors (Lipinski definition) is 3. The number of hydrogen-bond donors (Lipinski definition) is 0. The minimum absolute atomic E-state index is 0.175. The maximum absolute atomic E-state index is 12.8. The van der Waals surface area contributed by atoms with Crippen LogP contribution in [0.4, 0.5) is 0 Å². The molecule has 0 unspecified atom stereocenters. The predicted molar refractivity (Wildman–Crippen MR) is 94.3 cm³/mol. The summed E-state index contributed by atoms with van der Waals surface area (Å²) in [7, 11) is 1.97. The van der Waals surface area contributed by atoms with Crippen molar-refractivity contribution in [3.05, 3.63) is 54.1 Å². The van der Waals surface area contributed by atoms with Crippen molar-refractivity contribution in [2.75, 3.05) is 12.3 Å². The van der Waals surface area contributed by atoms with Gasteiger partial charge in [0.1, 0.15) is 0 Å². The molecule has 1 amide bonds. The maximum Gasteiger partial charge on any atom is 0.223 e. The van der Waals surface area contributed by atoms with Crippen LogP contribution in [0.15, 0.2) is 42.9 Å². The molecule has 3 rings (SSSR count). The molecule has 0 N–H and O–H groups in total. The second kappa shape index (κ2) is 7.21. The molecule has 1 aliphatic heterocycles. The molecule has 1 aliphatic rings. The van der Waals surface area contributed by atoms with E-state index in [4.69, 9.17) is 0 Å². The van der Waals surface area contributed by atoms with E-state index in [0.717, 1.165) is 24.4 Å². The third kappa shape index (κ3) is 3.61. The number of nitrogens with zero attached hydrogens (tertiary/aromatic N) is 3. The van der Waals surface area contributed by atoms with Gasteiger partial charge < -0.3 is 9.47 Å². The van der Waals surface area contributed by atoms with Crippen molar-refractivity contribution < 1.29 is 4.79 Å². The Morgan fingerprint density at radius 1 is 1.35 bits per heavy atom. The van der Waals surface area contributed by atoms with Gasteiger partial charge in [-0.2, -0.15) is 11.8 Å². The molecule has 5 heteroatoms. The number of imidazole rings is 1. The van der Waals surface area contributed by atoms with Gasteiger partial charge in [0.2, 0.25) is 5.91 Å². The van der Waals surface area contributed by atoms with Gasteiger partial charge in [-0.15, -0.1) is 0 Å². The third-order valence-corrected chi connectivity index (χ3v) is 5.67. The SMILES string of the molecule is C[C@@H]1SCCN(C(=O)CCc2cncn2C)[C@@H]1c1ccccc1. The molecule has 2 heterocycles. The lowest BCUT2D eigenvalue weighted by molar-refractivity contribution is -0.133. The first-order valence-corrected chi connectivity index (χ1v) is 9.13. The zero-order valence-electron chi connectivity index (χ0n) is 13.7. The molecule has 0 saturated carbocycles. The Bertz CT molecular complexity index is 655. The fourth-order valence-corrected chi connectivity index (χ4v) is 4.37. The van der Waals surface area contributed by atoms with E-state index in [-0.39, 0.29) is 11.9 Å². The van der Waals surface area contributed by atoms with Crippen LogP contribution in [0.2, 0.25) is 0 Å². The zero-order chi connectivity index (χ0) is 16.2. The third-order valence-electron chi connectivity index (χ3n) is 4.47. The van der Waals surface area contributed by atoms with Gasteiger partial charge in [0, 0.05) is 42.9 Å². The van der Waals surface area contributed by atoms with E-state index in [9.17, 15) is 4.79 Å². The van der Waals surface area contributed by atoms with Crippen molar-refractivity contribution in [2.24, 2.45) is 7.05 Å². The van der Waals surface area contributed by atoms with E-state index in [1.165, 1.54) is 5.56 Å². The normalized spacial score (nSPS) is 21.4. The average molecular weight is 329 g/mol. The summed E-state index contributed by atoms with van der Waals surface area (Å²) in [5, 5.41) is 0.423. The zero-order valence-corrected chi connectivity index (χ0v) is 14.5. The summed E-state index contributed by atoms with van der Waals surface area (Å²) in [6.45, 7) is 3.06. The number of carbonyl (C=O) groups excluding carboxylic acids is 1. The van der Waals surface area contributed by atoms with Crippen LogP contribution in [0.25, 0.3) is 0 Å². The summed E-state index contributed by atoms with van der Waals surface area (Å²) in [6.07, 6.45) is 4.91. The van der Waals surface area contributed by atoms with Crippen molar-refractivity contribution in [3.63, 3.8) is 0 Å². The molecule has 4 nitrogen and oxygen atoms in total. The highest BCUT2D eigenvalue weighted by Crippen LogP contribution is 2.36. The minimum atomic E-state index is 0.175. The van der Waals surface area contributed by atoms with Gasteiger partial charge in [0.15, 0.2) is 0 Å².